The van der Waals surface area contributed by atoms with E-state index in [1.807, 2.05) is 0 Å². The maximum atomic E-state index is 13.0. The van der Waals surface area contributed by atoms with Gasteiger partial charge < -0.3 is 5.32 Å². The summed E-state index contributed by atoms with van der Waals surface area (Å²) in [5.74, 6) is -1.50. The lowest BCUT2D eigenvalue weighted by atomic mass is 9.95. The summed E-state index contributed by atoms with van der Waals surface area (Å²) in [4.78, 5) is 31.2. The van der Waals surface area contributed by atoms with E-state index in [4.69, 9.17) is 23.8 Å². The molecule has 0 spiro atoms. The molecule has 0 saturated carbocycles. The highest BCUT2D eigenvalue weighted by Gasteiger charge is 2.35. The van der Waals surface area contributed by atoms with Gasteiger partial charge in [-0.3, -0.25) is 14.5 Å². The van der Waals surface area contributed by atoms with Gasteiger partial charge in [0.25, 0.3) is 5.91 Å². The van der Waals surface area contributed by atoms with Crippen molar-refractivity contribution in [2.24, 2.45) is 10.9 Å². The van der Waals surface area contributed by atoms with Crippen LogP contribution in [0.4, 0.5) is 10.1 Å². The average molecular weight is 440 g/mol. The van der Waals surface area contributed by atoms with Crippen molar-refractivity contribution in [3.8, 4) is 0 Å². The Hall–Kier alpha value is -3.16. The topological polar surface area (TPSA) is 61.8 Å². The number of amides is 2. The number of carbonyl (C=O) groups excluding carboxylic acids is 2. The van der Waals surface area contributed by atoms with Crippen LogP contribution in [0.3, 0.4) is 0 Å². The van der Waals surface area contributed by atoms with Crippen molar-refractivity contribution < 1.29 is 14.0 Å². The van der Waals surface area contributed by atoms with Crippen LogP contribution in [0.1, 0.15) is 15.9 Å². The minimum Gasteiger partial charge on any atom is -0.348 e. The summed E-state index contributed by atoms with van der Waals surface area (Å²) in [6, 6.07) is 12.5. The smallest absolute Gasteiger partial charge is 0.251 e. The molecule has 1 atom stereocenters. The maximum Gasteiger partial charge on any atom is 0.251 e. The van der Waals surface area contributed by atoms with E-state index in [2.05, 4.69) is 10.3 Å². The lowest BCUT2D eigenvalue weighted by molar-refractivity contribution is -0.118. The number of thiocarbonyl (C=S) groups is 1. The fourth-order valence-corrected chi connectivity index (χ4v) is 3.67. The number of anilines is 1. The molecule has 0 aromatic heterocycles. The van der Waals surface area contributed by atoms with Gasteiger partial charge in [0.05, 0.1) is 17.3 Å². The lowest BCUT2D eigenvalue weighted by Gasteiger charge is -2.30. The molecule has 30 heavy (non-hydrogen) atoms. The van der Waals surface area contributed by atoms with Crippen molar-refractivity contribution in [1.29, 1.82) is 0 Å². The predicted octanol–water partition coefficient (Wildman–Crippen LogP) is 4.14. The van der Waals surface area contributed by atoms with Gasteiger partial charge in [-0.1, -0.05) is 35.9 Å². The third kappa shape index (κ3) is 4.08. The van der Waals surface area contributed by atoms with E-state index in [1.165, 1.54) is 17.0 Å². The average Bonchev–Trinajstić information content (AvgIpc) is 2.73. The molecule has 1 N–H and O–H groups in total. The second kappa shape index (κ2) is 8.30. The standard InChI is InChI=1S/C22H15ClFN3O2S/c23-15-6-9-18-19(11-15)26-22(30)27(21(18)29)17-3-1-2-14(10-17)20(28)25-12-13-4-7-16(24)8-5-13/h1-11,18H,12H2,(H,25,28). The molecule has 0 saturated heterocycles. The molecule has 2 amide bonds. The van der Waals surface area contributed by atoms with Crippen molar-refractivity contribution in [1.82, 2.24) is 5.32 Å². The van der Waals surface area contributed by atoms with Crippen molar-refractivity contribution in [2.45, 2.75) is 6.54 Å². The molecule has 2 aromatic rings. The van der Waals surface area contributed by atoms with Crippen molar-refractivity contribution in [2.75, 3.05) is 4.90 Å². The Morgan fingerprint density at radius 2 is 2.00 bits per heavy atom. The van der Waals surface area contributed by atoms with Gasteiger partial charge in [-0.25, -0.2) is 9.38 Å². The first-order valence-corrected chi connectivity index (χ1v) is 9.85. The number of aliphatic imine (C=N–C) groups is 1. The summed E-state index contributed by atoms with van der Waals surface area (Å²) >= 11 is 11.3. The van der Waals surface area contributed by atoms with Crippen LogP contribution in [0.25, 0.3) is 0 Å². The summed E-state index contributed by atoms with van der Waals surface area (Å²) in [6.07, 6.45) is 4.94. The second-order valence-electron chi connectivity index (χ2n) is 6.72. The van der Waals surface area contributed by atoms with Crippen LogP contribution in [0.2, 0.25) is 0 Å². The number of benzene rings is 2. The highest BCUT2D eigenvalue weighted by atomic mass is 35.5. The summed E-state index contributed by atoms with van der Waals surface area (Å²) < 4.78 is 13.0. The van der Waals surface area contributed by atoms with E-state index in [9.17, 15) is 14.0 Å². The number of hydrogen-bond acceptors (Lipinski definition) is 3. The quantitative estimate of drug-likeness (QED) is 0.728. The van der Waals surface area contributed by atoms with Gasteiger partial charge in [-0.2, -0.15) is 0 Å². The van der Waals surface area contributed by atoms with Crippen LogP contribution < -0.4 is 10.2 Å². The third-order valence-corrected chi connectivity index (χ3v) is 5.20. The Morgan fingerprint density at radius 3 is 2.77 bits per heavy atom. The minimum absolute atomic E-state index is 0.0890. The maximum absolute atomic E-state index is 13.0. The number of nitrogens with zero attached hydrogens (tertiary/aromatic N) is 2. The molecule has 0 bridgehead atoms. The van der Waals surface area contributed by atoms with Crippen LogP contribution in [-0.4, -0.2) is 22.6 Å². The Kier molecular flexibility index (Phi) is 5.57. The molecule has 8 heteroatoms. The molecule has 1 aliphatic heterocycles. The first-order chi connectivity index (χ1) is 14.4. The zero-order chi connectivity index (χ0) is 21.3. The number of rotatable bonds is 4. The normalized spacial score (nSPS) is 17.9. The highest BCUT2D eigenvalue weighted by Crippen LogP contribution is 2.28. The van der Waals surface area contributed by atoms with Gasteiger partial charge in [0.1, 0.15) is 5.82 Å². The summed E-state index contributed by atoms with van der Waals surface area (Å²) in [7, 11) is 0. The molecule has 0 fully saturated rings. The SMILES string of the molecule is O=C(NCc1ccc(F)cc1)c1cccc(N2C(=O)C3C=CC(Cl)=CC3=NC2=S)c1. The molecule has 5 nitrogen and oxygen atoms in total. The third-order valence-electron chi connectivity index (χ3n) is 4.69. The first-order valence-electron chi connectivity index (χ1n) is 9.07. The lowest BCUT2D eigenvalue weighted by Crippen LogP contribution is -2.46. The molecular formula is C22H15ClFN3O2S. The zero-order valence-corrected chi connectivity index (χ0v) is 17.1. The number of hydrogen-bond donors (Lipinski definition) is 1. The van der Waals surface area contributed by atoms with Gasteiger partial charge in [0.15, 0.2) is 0 Å². The highest BCUT2D eigenvalue weighted by molar-refractivity contribution is 7.80. The molecular weight excluding hydrogens is 425 g/mol. The Balaban J connectivity index is 1.53. The molecule has 2 aromatic carbocycles. The largest absolute Gasteiger partial charge is 0.348 e. The van der Waals surface area contributed by atoms with Gasteiger partial charge in [-0.05, 0) is 60.3 Å². The zero-order valence-electron chi connectivity index (χ0n) is 15.5. The van der Waals surface area contributed by atoms with Crippen molar-refractivity contribution in [3.63, 3.8) is 0 Å². The summed E-state index contributed by atoms with van der Waals surface area (Å²) in [5, 5.41) is 3.35. The van der Waals surface area contributed by atoms with Crippen molar-refractivity contribution >= 4 is 52.1 Å². The van der Waals surface area contributed by atoms with Crippen LogP contribution in [0, 0.1) is 11.7 Å². The van der Waals surface area contributed by atoms with Crippen LogP contribution in [-0.2, 0) is 11.3 Å². The van der Waals surface area contributed by atoms with Crippen LogP contribution in [0.5, 0.6) is 0 Å². The fourth-order valence-electron chi connectivity index (χ4n) is 3.18. The van der Waals surface area contributed by atoms with E-state index in [-0.39, 0.29) is 29.3 Å². The molecule has 4 rings (SSSR count). The molecule has 1 aliphatic carbocycles. The minimum atomic E-state index is -0.574. The van der Waals surface area contributed by atoms with Gasteiger partial charge in [-0.15, -0.1) is 0 Å². The number of allylic oxidation sites excluding steroid dienone is 3. The van der Waals surface area contributed by atoms with Crippen LogP contribution >= 0.6 is 23.8 Å². The number of halogens is 2. The van der Waals surface area contributed by atoms with E-state index in [0.717, 1.165) is 5.56 Å². The van der Waals surface area contributed by atoms with E-state index < -0.39 is 5.92 Å². The monoisotopic (exact) mass is 439 g/mol. The van der Waals surface area contributed by atoms with Gasteiger partial charge in [0, 0.05) is 17.1 Å². The molecule has 0 radical (unpaired) electrons. The Labute approximate surface area is 182 Å². The Morgan fingerprint density at radius 1 is 1.23 bits per heavy atom. The molecule has 2 aliphatic rings. The summed E-state index contributed by atoms with van der Waals surface area (Å²) in [6.45, 7) is 0.248. The van der Waals surface area contributed by atoms with Crippen LogP contribution in [0.15, 0.2) is 76.8 Å². The number of fused-ring (bicyclic) bond motifs is 1. The molecule has 1 unspecified atom stereocenters. The molecule has 1 heterocycles. The summed E-state index contributed by atoms with van der Waals surface area (Å²) in [5.41, 5.74) is 2.09. The second-order valence-corrected chi connectivity index (χ2v) is 7.52. The number of nitrogens with one attached hydrogen (secondary N) is 1. The first kappa shape index (κ1) is 20.1. The predicted molar refractivity (Wildman–Crippen MR) is 118 cm³/mol. The van der Waals surface area contributed by atoms with E-state index in [1.54, 1.807) is 54.6 Å². The van der Waals surface area contributed by atoms with Gasteiger partial charge in [0.2, 0.25) is 11.0 Å². The number of carbonyl (C=O) groups is 2. The van der Waals surface area contributed by atoms with E-state index >= 15 is 0 Å². The Bertz CT molecular complexity index is 1140. The van der Waals surface area contributed by atoms with Crippen molar-refractivity contribution in [3.05, 3.63) is 88.7 Å². The molecule has 150 valence electrons. The fraction of sp³-hybridized carbons (Fsp3) is 0.0909. The van der Waals surface area contributed by atoms with E-state index in [0.29, 0.717) is 22.0 Å². The van der Waals surface area contributed by atoms with Gasteiger partial charge >= 0.3 is 0 Å².